The van der Waals surface area contributed by atoms with Crippen molar-refractivity contribution < 1.29 is 9.13 Å². The molecular formula is C36H48N4+2. The number of benzene rings is 2. The van der Waals surface area contributed by atoms with Gasteiger partial charge in [0, 0.05) is 0 Å². The molecule has 2 heterocycles. The SMILES string of the molecule is C=Cc1ccc(C[n+]2ccn(CCCCCCCCCCCCn3cc[n+](Cc4ccc(C=C)cc4)c3)c2)cc1. The monoisotopic (exact) mass is 536 g/mol. The van der Waals surface area contributed by atoms with Gasteiger partial charge in [0.15, 0.2) is 0 Å². The molecule has 0 bridgehead atoms. The Bertz CT molecular complexity index is 1180. The van der Waals surface area contributed by atoms with E-state index in [1.807, 2.05) is 12.2 Å². The van der Waals surface area contributed by atoms with Crippen molar-refractivity contribution >= 4 is 12.2 Å². The van der Waals surface area contributed by atoms with E-state index in [0.29, 0.717) is 0 Å². The van der Waals surface area contributed by atoms with Crippen LogP contribution in [-0.4, -0.2) is 9.13 Å². The van der Waals surface area contributed by atoms with E-state index in [9.17, 15) is 0 Å². The van der Waals surface area contributed by atoms with Gasteiger partial charge in [0.05, 0.1) is 13.1 Å². The second-order valence-corrected chi connectivity index (χ2v) is 11.1. The van der Waals surface area contributed by atoms with E-state index in [4.69, 9.17) is 0 Å². The van der Waals surface area contributed by atoms with E-state index in [2.05, 4.69) is 117 Å². The van der Waals surface area contributed by atoms with Gasteiger partial charge in [-0.2, -0.15) is 0 Å². The normalized spacial score (nSPS) is 11.1. The molecule has 2 aromatic carbocycles. The maximum Gasteiger partial charge on any atom is 0.244 e. The number of hydrogen-bond acceptors (Lipinski definition) is 0. The largest absolute Gasteiger partial charge is 0.244 e. The first kappa shape index (κ1) is 29.3. The summed E-state index contributed by atoms with van der Waals surface area (Å²) in [7, 11) is 0. The van der Waals surface area contributed by atoms with E-state index in [1.165, 1.54) is 86.5 Å². The van der Waals surface area contributed by atoms with Gasteiger partial charge < -0.3 is 0 Å². The van der Waals surface area contributed by atoms with Gasteiger partial charge in [0.2, 0.25) is 12.7 Å². The molecule has 0 aliphatic heterocycles. The van der Waals surface area contributed by atoms with Crippen molar-refractivity contribution in [3.8, 4) is 0 Å². The summed E-state index contributed by atoms with van der Waals surface area (Å²) < 4.78 is 9.19. The van der Waals surface area contributed by atoms with Crippen LogP contribution in [0, 0.1) is 0 Å². The van der Waals surface area contributed by atoms with Crippen LogP contribution in [0.5, 0.6) is 0 Å². The molecule has 0 amide bonds. The van der Waals surface area contributed by atoms with E-state index in [1.54, 1.807) is 0 Å². The van der Waals surface area contributed by atoms with Gasteiger partial charge >= 0.3 is 0 Å². The van der Waals surface area contributed by atoms with Crippen LogP contribution < -0.4 is 9.13 Å². The number of nitrogens with zero attached hydrogens (tertiary/aromatic N) is 4. The van der Waals surface area contributed by atoms with Crippen molar-refractivity contribution in [2.45, 2.75) is 90.4 Å². The zero-order valence-electron chi connectivity index (χ0n) is 24.3. The van der Waals surface area contributed by atoms with Crippen LogP contribution in [0.3, 0.4) is 0 Å². The first-order chi connectivity index (χ1) is 19.7. The first-order valence-electron chi connectivity index (χ1n) is 15.2. The lowest BCUT2D eigenvalue weighted by Gasteiger charge is -2.02. The summed E-state index contributed by atoms with van der Waals surface area (Å²) in [5, 5.41) is 0. The molecule has 4 aromatic rings. The van der Waals surface area contributed by atoms with Gasteiger partial charge in [-0.15, -0.1) is 0 Å². The van der Waals surface area contributed by atoms with Gasteiger partial charge in [-0.3, -0.25) is 0 Å². The molecule has 0 aliphatic carbocycles. The fraction of sp³-hybridized carbons (Fsp3) is 0.389. The van der Waals surface area contributed by atoms with Crippen LogP contribution in [0.4, 0.5) is 0 Å². The minimum atomic E-state index is 0.920. The summed E-state index contributed by atoms with van der Waals surface area (Å²) in [5.74, 6) is 0. The summed E-state index contributed by atoms with van der Waals surface area (Å²) in [4.78, 5) is 0. The van der Waals surface area contributed by atoms with Gasteiger partial charge in [0.25, 0.3) is 0 Å². The molecule has 2 aromatic heterocycles. The predicted molar refractivity (Wildman–Crippen MR) is 167 cm³/mol. The van der Waals surface area contributed by atoms with Crippen LogP contribution >= 0.6 is 0 Å². The predicted octanol–water partition coefficient (Wildman–Crippen LogP) is 7.85. The Morgan fingerprint density at radius 2 is 0.850 bits per heavy atom. The second kappa shape index (κ2) is 16.4. The molecule has 0 unspecified atom stereocenters. The number of imidazole rings is 2. The summed E-state index contributed by atoms with van der Waals surface area (Å²) in [6.45, 7) is 11.7. The summed E-state index contributed by atoms with van der Waals surface area (Å²) in [5.41, 5.74) is 4.99. The lowest BCUT2D eigenvalue weighted by molar-refractivity contribution is -0.688. The highest BCUT2D eigenvalue weighted by atomic mass is 15.1. The van der Waals surface area contributed by atoms with E-state index < -0.39 is 0 Å². The molecule has 0 radical (unpaired) electrons. The Balaban J connectivity index is 0.965. The summed E-state index contributed by atoms with van der Waals surface area (Å²) in [6, 6.07) is 17.3. The molecule has 0 saturated heterocycles. The van der Waals surface area contributed by atoms with Crippen molar-refractivity contribution in [1.29, 1.82) is 0 Å². The molecule has 0 atom stereocenters. The van der Waals surface area contributed by atoms with E-state index in [0.717, 1.165) is 26.2 Å². The zero-order chi connectivity index (χ0) is 27.8. The maximum absolute atomic E-state index is 3.83. The molecule has 0 spiro atoms. The Morgan fingerprint density at radius 3 is 1.20 bits per heavy atom. The van der Waals surface area contributed by atoms with Crippen molar-refractivity contribution in [3.63, 3.8) is 0 Å². The van der Waals surface area contributed by atoms with Gasteiger partial charge in [-0.25, -0.2) is 18.3 Å². The molecule has 40 heavy (non-hydrogen) atoms. The van der Waals surface area contributed by atoms with Gasteiger partial charge in [-0.1, -0.05) is 112 Å². The third kappa shape index (κ3) is 10.1. The maximum atomic E-state index is 3.83. The van der Waals surface area contributed by atoms with Gasteiger partial charge in [0.1, 0.15) is 37.9 Å². The second-order valence-electron chi connectivity index (χ2n) is 11.1. The van der Waals surface area contributed by atoms with Gasteiger partial charge in [-0.05, 0) is 47.9 Å². The highest BCUT2D eigenvalue weighted by molar-refractivity contribution is 5.47. The summed E-state index contributed by atoms with van der Waals surface area (Å²) >= 11 is 0. The molecule has 0 aliphatic rings. The number of aryl methyl sites for hydroxylation is 2. The fourth-order valence-corrected chi connectivity index (χ4v) is 5.27. The van der Waals surface area contributed by atoms with Crippen molar-refractivity contribution in [3.05, 3.63) is 121 Å². The number of hydrogen-bond donors (Lipinski definition) is 0. The Labute approximate surface area is 241 Å². The number of aromatic nitrogens is 4. The first-order valence-corrected chi connectivity index (χ1v) is 15.2. The van der Waals surface area contributed by atoms with Crippen molar-refractivity contribution in [2.75, 3.05) is 0 Å². The van der Waals surface area contributed by atoms with E-state index in [-0.39, 0.29) is 0 Å². The average molecular weight is 537 g/mol. The number of rotatable bonds is 19. The zero-order valence-corrected chi connectivity index (χ0v) is 24.3. The third-order valence-electron chi connectivity index (χ3n) is 7.74. The van der Waals surface area contributed by atoms with Crippen LogP contribution in [0.2, 0.25) is 0 Å². The lowest BCUT2D eigenvalue weighted by Crippen LogP contribution is -2.31. The fourth-order valence-electron chi connectivity index (χ4n) is 5.27. The van der Waals surface area contributed by atoms with Crippen LogP contribution in [-0.2, 0) is 26.2 Å². The van der Waals surface area contributed by atoms with Crippen LogP contribution in [0.15, 0.2) is 99.1 Å². The van der Waals surface area contributed by atoms with E-state index >= 15 is 0 Å². The molecular weight excluding hydrogens is 488 g/mol. The van der Waals surface area contributed by atoms with Crippen LogP contribution in [0.25, 0.3) is 12.2 Å². The molecule has 4 rings (SSSR count). The molecule has 4 nitrogen and oxygen atoms in total. The highest BCUT2D eigenvalue weighted by Crippen LogP contribution is 2.12. The Morgan fingerprint density at radius 1 is 0.500 bits per heavy atom. The van der Waals surface area contributed by atoms with Crippen molar-refractivity contribution in [1.82, 2.24) is 9.13 Å². The molecule has 210 valence electrons. The molecule has 0 saturated carbocycles. The quantitative estimate of drug-likeness (QED) is 0.0858. The Hall–Kier alpha value is -3.66. The Kier molecular flexibility index (Phi) is 12.1. The summed E-state index contributed by atoms with van der Waals surface area (Å²) in [6.07, 6.45) is 30.5. The highest BCUT2D eigenvalue weighted by Gasteiger charge is 2.06. The molecule has 0 N–H and O–H groups in total. The van der Waals surface area contributed by atoms with Crippen molar-refractivity contribution in [2.24, 2.45) is 0 Å². The van der Waals surface area contributed by atoms with Crippen LogP contribution in [0.1, 0.15) is 86.5 Å². The standard InChI is InChI=1S/C36H48N4/c1-3-33-15-19-35(20-16-33)29-39-27-25-37(31-39)23-13-11-9-7-5-6-8-10-12-14-24-38-26-28-40(32-38)30-36-21-17-34(4-2)18-22-36/h3-4,15-22,25-28,31-32H,1-2,5-14,23-24,29-30H2/q+2. The molecule has 0 fully saturated rings. The lowest BCUT2D eigenvalue weighted by atomic mass is 10.1. The third-order valence-corrected chi connectivity index (χ3v) is 7.74. The smallest absolute Gasteiger partial charge is 0.237 e. The topological polar surface area (TPSA) is 17.6 Å². The average Bonchev–Trinajstić information content (AvgIpc) is 3.63. The minimum Gasteiger partial charge on any atom is -0.237 e. The molecule has 4 heteroatoms. The minimum absolute atomic E-state index is 0.920. The number of unbranched alkanes of at least 4 members (excludes halogenated alkanes) is 9.